The molecule has 5 heteroatoms. The van der Waals surface area contributed by atoms with E-state index in [0.717, 1.165) is 44.9 Å². The van der Waals surface area contributed by atoms with Crippen LogP contribution in [-0.2, 0) is 19.1 Å². The highest BCUT2D eigenvalue weighted by atomic mass is 16.6. The van der Waals surface area contributed by atoms with Gasteiger partial charge < -0.3 is 14.6 Å². The summed E-state index contributed by atoms with van der Waals surface area (Å²) in [5.74, 6) is -0.564. The van der Waals surface area contributed by atoms with E-state index in [1.54, 1.807) is 0 Å². The molecule has 1 N–H and O–H groups in total. The summed E-state index contributed by atoms with van der Waals surface area (Å²) in [4.78, 5) is 24.6. The van der Waals surface area contributed by atoms with Gasteiger partial charge in [0.25, 0.3) is 0 Å². The first-order valence-corrected chi connectivity index (χ1v) is 35.0. The van der Waals surface area contributed by atoms with Crippen LogP contribution < -0.4 is 0 Å². The molecule has 454 valence electrons. The van der Waals surface area contributed by atoms with E-state index in [1.165, 1.54) is 321 Å². The molecule has 0 aliphatic carbocycles. The zero-order valence-electron chi connectivity index (χ0n) is 52.3. The highest BCUT2D eigenvalue weighted by Crippen LogP contribution is 2.19. The summed E-state index contributed by atoms with van der Waals surface area (Å²) in [6.45, 7) is 4.19. The molecule has 0 aromatic rings. The smallest absolute Gasteiger partial charge is 0.306 e. The molecular formula is C72H136O5. The molecule has 77 heavy (non-hydrogen) atoms. The summed E-state index contributed by atoms with van der Waals surface area (Å²) in [5, 5.41) is 9.69. The third-order valence-electron chi connectivity index (χ3n) is 16.2. The van der Waals surface area contributed by atoms with Crippen molar-refractivity contribution >= 4 is 11.9 Å². The number of hydrogen-bond donors (Lipinski definition) is 1. The normalized spacial score (nSPS) is 12.3. The summed E-state index contributed by atoms with van der Waals surface area (Å²) in [7, 11) is 0. The Morgan fingerprint density at radius 1 is 0.299 bits per heavy atom. The number of hydrogen-bond acceptors (Lipinski definition) is 5. The SMILES string of the molecule is CCCCCCC/C=C\C/C=C\C/C=C\CCCCCCCCCCCCCCCCCCCCCCCCCCCCC(=O)OC(CO)COC(=O)CCCCCCCCCCCCCCCCCCCCCCCC. The quantitative estimate of drug-likeness (QED) is 0.0373. The van der Waals surface area contributed by atoms with Gasteiger partial charge >= 0.3 is 11.9 Å². The molecular weight excluding hydrogens is 945 g/mol. The van der Waals surface area contributed by atoms with E-state index in [2.05, 4.69) is 50.3 Å². The van der Waals surface area contributed by atoms with Gasteiger partial charge in [-0.3, -0.25) is 9.59 Å². The lowest BCUT2D eigenvalue weighted by molar-refractivity contribution is -0.161. The molecule has 0 aromatic heterocycles. The summed E-state index contributed by atoms with van der Waals surface area (Å²) in [5.41, 5.74) is 0. The van der Waals surface area contributed by atoms with Gasteiger partial charge in [-0.15, -0.1) is 0 Å². The number of aliphatic hydroxyl groups is 1. The fourth-order valence-corrected chi connectivity index (χ4v) is 10.9. The van der Waals surface area contributed by atoms with Crippen LogP contribution in [0.1, 0.15) is 393 Å². The highest BCUT2D eigenvalue weighted by Gasteiger charge is 2.16. The van der Waals surface area contributed by atoms with Crippen molar-refractivity contribution in [2.45, 2.75) is 399 Å². The molecule has 0 fully saturated rings. The fraction of sp³-hybridized carbons (Fsp3) is 0.889. The van der Waals surface area contributed by atoms with Gasteiger partial charge in [-0.2, -0.15) is 0 Å². The monoisotopic (exact) mass is 1080 g/mol. The van der Waals surface area contributed by atoms with Crippen LogP contribution in [0, 0.1) is 0 Å². The lowest BCUT2D eigenvalue weighted by Gasteiger charge is -2.15. The van der Waals surface area contributed by atoms with Crippen LogP contribution in [0.5, 0.6) is 0 Å². The van der Waals surface area contributed by atoms with Gasteiger partial charge in [0.05, 0.1) is 6.61 Å². The van der Waals surface area contributed by atoms with E-state index < -0.39 is 6.10 Å². The van der Waals surface area contributed by atoms with E-state index >= 15 is 0 Å². The summed E-state index contributed by atoms with van der Waals surface area (Å²) < 4.78 is 10.8. The molecule has 1 unspecified atom stereocenters. The molecule has 0 saturated heterocycles. The van der Waals surface area contributed by atoms with Crippen molar-refractivity contribution in [3.05, 3.63) is 36.5 Å². The minimum absolute atomic E-state index is 0.0577. The topological polar surface area (TPSA) is 72.8 Å². The molecule has 0 spiro atoms. The Morgan fingerprint density at radius 3 is 0.779 bits per heavy atom. The maximum Gasteiger partial charge on any atom is 0.306 e. The van der Waals surface area contributed by atoms with Crippen LogP contribution in [0.25, 0.3) is 0 Å². The molecule has 0 rings (SSSR count). The largest absolute Gasteiger partial charge is 0.462 e. The third-order valence-corrected chi connectivity index (χ3v) is 16.2. The minimum Gasteiger partial charge on any atom is -0.462 e. The second-order valence-electron chi connectivity index (χ2n) is 24.0. The maximum atomic E-state index is 12.4. The van der Waals surface area contributed by atoms with Gasteiger partial charge in [-0.25, -0.2) is 0 Å². The maximum absolute atomic E-state index is 12.4. The van der Waals surface area contributed by atoms with Gasteiger partial charge in [0.15, 0.2) is 6.10 Å². The van der Waals surface area contributed by atoms with Crippen LogP contribution in [-0.4, -0.2) is 36.4 Å². The number of aliphatic hydroxyl groups excluding tert-OH is 1. The van der Waals surface area contributed by atoms with Crippen molar-refractivity contribution in [1.29, 1.82) is 0 Å². The van der Waals surface area contributed by atoms with Crippen molar-refractivity contribution in [3.8, 4) is 0 Å². The van der Waals surface area contributed by atoms with Crippen molar-refractivity contribution in [2.75, 3.05) is 13.2 Å². The fourth-order valence-electron chi connectivity index (χ4n) is 10.9. The summed E-state index contributed by atoms with van der Waals surface area (Å²) in [6, 6.07) is 0. The third kappa shape index (κ3) is 66.5. The Kier molecular flexibility index (Phi) is 66.7. The predicted octanol–water partition coefficient (Wildman–Crippen LogP) is 24.2. The molecule has 0 aliphatic rings. The lowest BCUT2D eigenvalue weighted by Crippen LogP contribution is -2.28. The van der Waals surface area contributed by atoms with Crippen molar-refractivity contribution in [3.63, 3.8) is 0 Å². The first-order chi connectivity index (χ1) is 38.1. The highest BCUT2D eigenvalue weighted by molar-refractivity contribution is 5.70. The first kappa shape index (κ1) is 75.1. The average Bonchev–Trinajstić information content (AvgIpc) is 3.43. The van der Waals surface area contributed by atoms with Gasteiger partial charge in [0.2, 0.25) is 0 Å². The van der Waals surface area contributed by atoms with Crippen molar-refractivity contribution in [1.82, 2.24) is 0 Å². The van der Waals surface area contributed by atoms with Gasteiger partial charge in [-0.1, -0.05) is 365 Å². The number of esters is 2. The number of carbonyl (C=O) groups excluding carboxylic acids is 2. The van der Waals surface area contributed by atoms with E-state index in [0.29, 0.717) is 12.8 Å². The molecule has 0 aliphatic heterocycles. The number of unbranched alkanes of at least 4 members (excludes halogenated alkanes) is 52. The summed E-state index contributed by atoms with van der Waals surface area (Å²) >= 11 is 0. The number of carbonyl (C=O) groups is 2. The van der Waals surface area contributed by atoms with Gasteiger partial charge in [0, 0.05) is 12.8 Å². The molecule has 0 heterocycles. The molecule has 5 nitrogen and oxygen atoms in total. The molecule has 0 bridgehead atoms. The first-order valence-electron chi connectivity index (χ1n) is 35.0. The molecule has 0 amide bonds. The Labute approximate surface area is 482 Å². The zero-order valence-corrected chi connectivity index (χ0v) is 52.3. The summed E-state index contributed by atoms with van der Waals surface area (Å²) in [6.07, 6.45) is 90.5. The van der Waals surface area contributed by atoms with E-state index in [4.69, 9.17) is 9.47 Å². The molecule has 0 radical (unpaired) electrons. The number of rotatable bonds is 66. The van der Waals surface area contributed by atoms with Crippen molar-refractivity contribution < 1.29 is 24.2 Å². The number of ether oxygens (including phenoxy) is 2. The van der Waals surface area contributed by atoms with Gasteiger partial charge in [-0.05, 0) is 51.4 Å². The Morgan fingerprint density at radius 2 is 0.519 bits per heavy atom. The van der Waals surface area contributed by atoms with E-state index in [1.807, 2.05) is 0 Å². The standard InChI is InChI=1S/C72H136O5/c1-3-5-7-9-11-13-15-17-19-21-23-25-27-28-29-30-31-32-33-34-35-36-37-38-39-40-41-42-43-44-45-47-49-51-53-55-57-59-61-63-65-67-72(75)77-70(68-73)69-76-71(74)66-64-62-60-58-56-54-52-50-48-46-26-24-22-20-18-16-14-12-10-8-6-4-2/h15,17,21,23,27-28,70,73H,3-14,16,18-20,22,24-26,29-69H2,1-2H3/b17-15-,23-21-,28-27-. The lowest BCUT2D eigenvalue weighted by atomic mass is 10.0. The van der Waals surface area contributed by atoms with Gasteiger partial charge in [0.1, 0.15) is 6.61 Å². The Bertz CT molecular complexity index is 1220. The zero-order chi connectivity index (χ0) is 55.5. The molecule has 0 saturated carbocycles. The number of allylic oxidation sites excluding steroid dienone is 6. The second kappa shape index (κ2) is 68.4. The van der Waals surface area contributed by atoms with E-state index in [-0.39, 0.29) is 25.2 Å². The van der Waals surface area contributed by atoms with Crippen LogP contribution in [0.15, 0.2) is 36.5 Å². The van der Waals surface area contributed by atoms with Crippen molar-refractivity contribution in [2.24, 2.45) is 0 Å². The average molecular weight is 1080 g/mol. The van der Waals surface area contributed by atoms with Crippen LogP contribution >= 0.6 is 0 Å². The van der Waals surface area contributed by atoms with Crippen LogP contribution in [0.2, 0.25) is 0 Å². The Hall–Kier alpha value is -1.88. The minimum atomic E-state index is -0.768. The van der Waals surface area contributed by atoms with Crippen LogP contribution in [0.4, 0.5) is 0 Å². The van der Waals surface area contributed by atoms with Crippen LogP contribution in [0.3, 0.4) is 0 Å². The predicted molar refractivity (Wildman–Crippen MR) is 339 cm³/mol. The second-order valence-corrected chi connectivity index (χ2v) is 24.0. The molecule has 0 aromatic carbocycles. The Balaban J connectivity index is 3.36. The van der Waals surface area contributed by atoms with E-state index in [9.17, 15) is 14.7 Å². The molecule has 1 atom stereocenters.